The Balaban J connectivity index is 1.57. The first-order valence-electron chi connectivity index (χ1n) is 9.17. The molecule has 0 saturated carbocycles. The van der Waals surface area contributed by atoms with Gasteiger partial charge in [-0.05, 0) is 61.2 Å². The molecular weight excluding hydrogens is 380 g/mol. The monoisotopic (exact) mass is 404 g/mol. The van der Waals surface area contributed by atoms with Crippen molar-refractivity contribution in [3.05, 3.63) is 54.1 Å². The number of sulfone groups is 1. The average Bonchev–Trinajstić information content (AvgIpc) is 2.74. The Morgan fingerprint density at radius 3 is 2.11 bits per heavy atom. The number of nitrogens with zero attached hydrogens (tertiary/aromatic N) is 1. The number of benzene rings is 2. The number of hydrogen-bond acceptors (Lipinski definition) is 6. The van der Waals surface area contributed by atoms with Crippen molar-refractivity contribution in [1.82, 2.24) is 10.4 Å². The van der Waals surface area contributed by atoms with Crippen LogP contribution in [-0.2, 0) is 21.2 Å². The smallest absolute Gasteiger partial charge is 0.428 e. The normalized spacial score (nSPS) is 14.5. The zero-order valence-electron chi connectivity index (χ0n) is 15.8. The number of rotatable bonds is 6. The summed E-state index contributed by atoms with van der Waals surface area (Å²) in [7, 11) is -2.07. The summed E-state index contributed by atoms with van der Waals surface area (Å²) in [6, 6.07) is 12.7. The first-order chi connectivity index (χ1) is 13.5. The van der Waals surface area contributed by atoms with Crippen LogP contribution >= 0.6 is 0 Å². The van der Waals surface area contributed by atoms with Crippen molar-refractivity contribution >= 4 is 15.9 Å². The van der Waals surface area contributed by atoms with E-state index in [-0.39, 0.29) is 15.9 Å². The molecule has 0 radical (unpaired) electrons. The lowest BCUT2D eigenvalue weighted by Gasteiger charge is -2.25. The molecule has 0 unspecified atom stereocenters. The minimum atomic E-state index is -3.60. The number of methoxy groups -OCH3 is 1. The van der Waals surface area contributed by atoms with Gasteiger partial charge in [0.2, 0.25) is 9.84 Å². The summed E-state index contributed by atoms with van der Waals surface area (Å²) < 4.78 is 30.4. The molecule has 1 amide bonds. The van der Waals surface area contributed by atoms with E-state index in [4.69, 9.17) is 9.57 Å². The molecule has 1 aliphatic heterocycles. The number of likely N-dealkylation sites (tertiary alicyclic amines) is 1. The summed E-state index contributed by atoms with van der Waals surface area (Å²) >= 11 is 0. The molecule has 1 saturated heterocycles. The van der Waals surface area contributed by atoms with Crippen molar-refractivity contribution in [1.29, 1.82) is 0 Å². The number of nitrogens with one attached hydrogen (secondary N) is 1. The largest absolute Gasteiger partial charge is 0.497 e. The first-order valence-corrected chi connectivity index (χ1v) is 10.7. The van der Waals surface area contributed by atoms with E-state index < -0.39 is 9.84 Å². The Hall–Kier alpha value is -2.58. The fourth-order valence-corrected chi connectivity index (χ4v) is 4.26. The van der Waals surface area contributed by atoms with Gasteiger partial charge in [-0.3, -0.25) is 0 Å². The molecule has 28 heavy (non-hydrogen) atoms. The molecule has 2 aromatic carbocycles. The van der Waals surface area contributed by atoms with E-state index in [1.54, 1.807) is 41.3 Å². The Bertz CT molecular complexity index is 889. The Kier molecular flexibility index (Phi) is 6.53. The summed E-state index contributed by atoms with van der Waals surface area (Å²) in [5, 5.41) is 0. The predicted molar refractivity (Wildman–Crippen MR) is 104 cm³/mol. The quantitative estimate of drug-likeness (QED) is 0.745. The SMILES string of the molecule is COc1ccc(S(=O)(=O)c2ccc(CNOC(=O)N3CCCCC3)cc2)cc1. The van der Waals surface area contributed by atoms with Crippen LogP contribution < -0.4 is 10.2 Å². The molecule has 0 atom stereocenters. The zero-order valence-corrected chi connectivity index (χ0v) is 16.6. The van der Waals surface area contributed by atoms with E-state index >= 15 is 0 Å². The predicted octanol–water partition coefficient (Wildman–Crippen LogP) is 3.16. The fourth-order valence-electron chi connectivity index (χ4n) is 3.00. The van der Waals surface area contributed by atoms with Crippen LogP contribution in [0.4, 0.5) is 4.79 Å². The molecule has 1 heterocycles. The molecule has 0 spiro atoms. The molecule has 1 N–H and O–H groups in total. The van der Waals surface area contributed by atoms with Gasteiger partial charge in [-0.2, -0.15) is 0 Å². The van der Waals surface area contributed by atoms with Crippen LogP contribution in [0.1, 0.15) is 24.8 Å². The molecular formula is C20H24N2O5S. The first kappa shape index (κ1) is 20.2. The van der Waals surface area contributed by atoms with Gasteiger partial charge in [0.1, 0.15) is 5.75 Å². The van der Waals surface area contributed by atoms with Crippen LogP contribution in [0.3, 0.4) is 0 Å². The lowest BCUT2D eigenvalue weighted by atomic mass is 10.1. The van der Waals surface area contributed by atoms with Gasteiger partial charge in [0, 0.05) is 13.1 Å². The summed E-state index contributed by atoms with van der Waals surface area (Å²) in [5.41, 5.74) is 3.45. The van der Waals surface area contributed by atoms with E-state index in [0.29, 0.717) is 12.3 Å². The number of amides is 1. The Morgan fingerprint density at radius 2 is 1.54 bits per heavy atom. The van der Waals surface area contributed by atoms with Gasteiger partial charge >= 0.3 is 6.09 Å². The second-order valence-electron chi connectivity index (χ2n) is 6.56. The van der Waals surface area contributed by atoms with Crippen molar-refractivity contribution in [2.75, 3.05) is 20.2 Å². The number of carbonyl (C=O) groups is 1. The van der Waals surface area contributed by atoms with Crippen molar-refractivity contribution in [2.45, 2.75) is 35.6 Å². The second kappa shape index (κ2) is 9.07. The second-order valence-corrected chi connectivity index (χ2v) is 8.51. The van der Waals surface area contributed by atoms with E-state index in [1.807, 2.05) is 0 Å². The molecule has 150 valence electrons. The van der Waals surface area contributed by atoms with Gasteiger partial charge in [-0.15, -0.1) is 5.48 Å². The maximum atomic E-state index is 12.7. The van der Waals surface area contributed by atoms with Crippen LogP contribution in [0.5, 0.6) is 5.75 Å². The minimum Gasteiger partial charge on any atom is -0.497 e. The number of hydrogen-bond donors (Lipinski definition) is 1. The highest BCUT2D eigenvalue weighted by molar-refractivity contribution is 7.91. The molecule has 3 rings (SSSR count). The van der Waals surface area contributed by atoms with Crippen molar-refractivity contribution in [3.63, 3.8) is 0 Å². The molecule has 0 bridgehead atoms. The van der Waals surface area contributed by atoms with Crippen LogP contribution in [0.25, 0.3) is 0 Å². The van der Waals surface area contributed by atoms with Crippen LogP contribution in [-0.4, -0.2) is 39.6 Å². The Labute approximate surface area is 165 Å². The van der Waals surface area contributed by atoms with Gasteiger partial charge in [0.25, 0.3) is 0 Å². The van der Waals surface area contributed by atoms with Gasteiger partial charge in [0.15, 0.2) is 0 Å². The zero-order chi connectivity index (χ0) is 20.0. The number of ether oxygens (including phenoxy) is 1. The standard InChI is InChI=1S/C20H24N2O5S/c1-26-17-7-11-19(12-8-17)28(24,25)18-9-5-16(6-10-18)15-21-27-20(23)22-13-3-2-4-14-22/h5-12,21H,2-4,13-15H2,1H3. The highest BCUT2D eigenvalue weighted by atomic mass is 32.2. The van der Waals surface area contributed by atoms with Crippen molar-refractivity contribution < 1.29 is 22.8 Å². The topological polar surface area (TPSA) is 84.9 Å². The minimum absolute atomic E-state index is 0.201. The Morgan fingerprint density at radius 1 is 0.964 bits per heavy atom. The molecule has 8 heteroatoms. The third-order valence-corrected chi connectivity index (χ3v) is 6.44. The summed E-state index contributed by atoms with van der Waals surface area (Å²) in [5.74, 6) is 0.597. The van der Waals surface area contributed by atoms with Crippen molar-refractivity contribution in [3.8, 4) is 5.75 Å². The number of hydroxylamine groups is 1. The number of carbonyl (C=O) groups excluding carboxylic acids is 1. The summed E-state index contributed by atoms with van der Waals surface area (Å²) in [4.78, 5) is 19.1. The third kappa shape index (κ3) is 4.82. The van der Waals surface area contributed by atoms with Crippen LogP contribution in [0, 0.1) is 0 Å². The van der Waals surface area contributed by atoms with E-state index in [0.717, 1.165) is 37.9 Å². The van der Waals surface area contributed by atoms with Gasteiger partial charge in [0.05, 0.1) is 23.4 Å². The third-order valence-electron chi connectivity index (χ3n) is 4.65. The summed E-state index contributed by atoms with van der Waals surface area (Å²) in [6.45, 7) is 1.74. The van der Waals surface area contributed by atoms with Crippen LogP contribution in [0.2, 0.25) is 0 Å². The maximum absolute atomic E-state index is 12.7. The highest BCUT2D eigenvalue weighted by Gasteiger charge is 2.19. The van der Waals surface area contributed by atoms with Gasteiger partial charge in [-0.25, -0.2) is 13.2 Å². The summed E-state index contributed by atoms with van der Waals surface area (Å²) in [6.07, 6.45) is 2.76. The lowest BCUT2D eigenvalue weighted by molar-refractivity contribution is 0.0477. The van der Waals surface area contributed by atoms with Gasteiger partial charge in [-0.1, -0.05) is 12.1 Å². The van der Waals surface area contributed by atoms with E-state index in [2.05, 4.69) is 5.48 Å². The molecule has 0 aliphatic carbocycles. The molecule has 1 fully saturated rings. The van der Waals surface area contributed by atoms with Crippen LogP contribution in [0.15, 0.2) is 58.3 Å². The molecule has 7 nitrogen and oxygen atoms in total. The molecule has 0 aromatic heterocycles. The van der Waals surface area contributed by atoms with E-state index in [1.165, 1.54) is 19.2 Å². The lowest BCUT2D eigenvalue weighted by Crippen LogP contribution is -2.38. The fraction of sp³-hybridized carbons (Fsp3) is 0.350. The average molecular weight is 404 g/mol. The molecule has 2 aromatic rings. The number of piperidine rings is 1. The maximum Gasteiger partial charge on any atom is 0.428 e. The van der Waals surface area contributed by atoms with Crippen molar-refractivity contribution in [2.24, 2.45) is 0 Å². The highest BCUT2D eigenvalue weighted by Crippen LogP contribution is 2.23. The molecule has 1 aliphatic rings. The van der Waals surface area contributed by atoms with Gasteiger partial charge < -0.3 is 14.5 Å². The van der Waals surface area contributed by atoms with E-state index in [9.17, 15) is 13.2 Å².